The van der Waals surface area contributed by atoms with Crippen LogP contribution in [0.15, 0.2) is 60.9 Å². The highest BCUT2D eigenvalue weighted by atomic mass is 16.5. The van der Waals surface area contributed by atoms with Crippen molar-refractivity contribution >= 4 is 11.9 Å². The normalized spacial score (nSPS) is 10.7. The van der Waals surface area contributed by atoms with E-state index in [1.54, 1.807) is 44.3 Å². The van der Waals surface area contributed by atoms with Gasteiger partial charge in [-0.25, -0.2) is 19.6 Å². The van der Waals surface area contributed by atoms with Crippen molar-refractivity contribution in [3.8, 4) is 34.2 Å². The van der Waals surface area contributed by atoms with Crippen LogP contribution in [0.1, 0.15) is 45.7 Å². The lowest BCUT2D eigenvalue weighted by Gasteiger charge is -2.11. The van der Waals surface area contributed by atoms with Crippen LogP contribution in [0.5, 0.6) is 0 Å². The molecule has 0 aliphatic carbocycles. The number of ether oxygens (including phenoxy) is 2. The number of hydrogen-bond acceptors (Lipinski definition) is 8. The van der Waals surface area contributed by atoms with Gasteiger partial charge in [0.25, 0.3) is 0 Å². The van der Waals surface area contributed by atoms with Crippen LogP contribution in [0.4, 0.5) is 0 Å². The van der Waals surface area contributed by atoms with Gasteiger partial charge in [-0.15, -0.1) is 0 Å². The van der Waals surface area contributed by atoms with Crippen LogP contribution >= 0.6 is 0 Å². The number of aromatic nitrogens is 4. The van der Waals surface area contributed by atoms with E-state index in [-0.39, 0.29) is 13.2 Å². The molecule has 0 spiro atoms. The van der Waals surface area contributed by atoms with Crippen molar-refractivity contribution in [1.29, 1.82) is 0 Å². The summed E-state index contributed by atoms with van der Waals surface area (Å²) in [5.41, 5.74) is 5.98. The third-order valence-corrected chi connectivity index (χ3v) is 5.28. The van der Waals surface area contributed by atoms with Crippen LogP contribution in [0.2, 0.25) is 0 Å². The summed E-state index contributed by atoms with van der Waals surface area (Å²) in [7, 11) is 0. The Morgan fingerprint density at radius 1 is 0.611 bits per heavy atom. The van der Waals surface area contributed by atoms with Gasteiger partial charge >= 0.3 is 11.9 Å². The summed E-state index contributed by atoms with van der Waals surface area (Å²) in [6.07, 6.45) is 3.25. The fourth-order valence-corrected chi connectivity index (χ4v) is 3.64. The molecule has 0 saturated heterocycles. The fourth-order valence-electron chi connectivity index (χ4n) is 3.64. The van der Waals surface area contributed by atoms with Gasteiger partial charge < -0.3 is 9.47 Å². The maximum atomic E-state index is 12.7. The number of nitrogens with zero attached hydrogens (tertiary/aromatic N) is 4. The molecule has 0 bridgehead atoms. The molecule has 8 heteroatoms. The first-order chi connectivity index (χ1) is 17.4. The minimum Gasteiger partial charge on any atom is -0.462 e. The van der Waals surface area contributed by atoms with Gasteiger partial charge in [0, 0.05) is 12.4 Å². The molecule has 8 nitrogen and oxygen atoms in total. The van der Waals surface area contributed by atoms with E-state index in [1.165, 1.54) is 6.20 Å². The summed E-state index contributed by atoms with van der Waals surface area (Å²) in [6, 6.07) is 14.1. The van der Waals surface area contributed by atoms with E-state index in [1.807, 2.05) is 38.1 Å². The van der Waals surface area contributed by atoms with Crippen LogP contribution < -0.4 is 0 Å². The van der Waals surface area contributed by atoms with Gasteiger partial charge in [0.1, 0.15) is 0 Å². The summed E-state index contributed by atoms with van der Waals surface area (Å²) in [4.78, 5) is 43.3. The lowest BCUT2D eigenvalue weighted by Crippen LogP contribution is -2.08. The Kier molecular flexibility index (Phi) is 7.44. The first-order valence-electron chi connectivity index (χ1n) is 11.6. The number of hydrogen-bond donors (Lipinski definition) is 0. The molecule has 0 fully saturated rings. The summed E-state index contributed by atoms with van der Waals surface area (Å²) in [5, 5.41) is 0. The molecule has 0 aliphatic rings. The molecule has 4 heterocycles. The number of esters is 2. The highest BCUT2D eigenvalue weighted by molar-refractivity contribution is 5.93. The first kappa shape index (κ1) is 24.7. The van der Waals surface area contributed by atoms with E-state index in [0.717, 1.165) is 16.8 Å². The minimum absolute atomic E-state index is 0.230. The Hall–Kier alpha value is -4.46. The van der Waals surface area contributed by atoms with E-state index >= 15 is 0 Å². The van der Waals surface area contributed by atoms with Crippen molar-refractivity contribution in [2.24, 2.45) is 0 Å². The zero-order chi connectivity index (χ0) is 25.7. The zero-order valence-corrected chi connectivity index (χ0v) is 20.6. The van der Waals surface area contributed by atoms with Crippen LogP contribution in [0.3, 0.4) is 0 Å². The topological polar surface area (TPSA) is 104 Å². The average molecular weight is 483 g/mol. The molecule has 4 rings (SSSR count). The summed E-state index contributed by atoms with van der Waals surface area (Å²) < 4.78 is 10.3. The standard InChI is InChI=1S/C28H26N4O4/c1-5-35-27(33)19-8-10-30-22(14-19)25-15-20(28(34)36-6-2)16-26(32-25)24-13-18(4)12-23(31-24)21-11-17(3)7-9-29-21/h7-16H,5-6H2,1-4H3. The molecule has 0 N–H and O–H groups in total. The van der Waals surface area contributed by atoms with Crippen molar-refractivity contribution in [3.63, 3.8) is 0 Å². The lowest BCUT2D eigenvalue weighted by atomic mass is 10.1. The summed E-state index contributed by atoms with van der Waals surface area (Å²) in [6.45, 7) is 7.93. The first-order valence-corrected chi connectivity index (χ1v) is 11.6. The third-order valence-electron chi connectivity index (χ3n) is 5.28. The maximum Gasteiger partial charge on any atom is 0.338 e. The maximum absolute atomic E-state index is 12.7. The molecule has 0 saturated carbocycles. The molecule has 0 unspecified atom stereocenters. The summed E-state index contributed by atoms with van der Waals surface area (Å²) >= 11 is 0. The Bertz CT molecular complexity index is 1430. The number of carbonyl (C=O) groups excluding carboxylic acids is 2. The predicted molar refractivity (Wildman–Crippen MR) is 135 cm³/mol. The lowest BCUT2D eigenvalue weighted by molar-refractivity contribution is 0.0516. The molecule has 182 valence electrons. The van der Waals surface area contributed by atoms with E-state index in [9.17, 15) is 9.59 Å². The van der Waals surface area contributed by atoms with Gasteiger partial charge in [-0.05, 0) is 87.4 Å². The Balaban J connectivity index is 1.85. The Labute approximate surface area is 209 Å². The van der Waals surface area contributed by atoms with Crippen LogP contribution in [-0.2, 0) is 9.47 Å². The van der Waals surface area contributed by atoms with Crippen molar-refractivity contribution in [1.82, 2.24) is 19.9 Å². The molecule has 0 atom stereocenters. The molecule has 0 aliphatic heterocycles. The molecule has 0 aromatic carbocycles. The molecule has 4 aromatic rings. The van der Waals surface area contributed by atoms with Crippen LogP contribution in [0.25, 0.3) is 34.2 Å². The van der Waals surface area contributed by atoms with Crippen molar-refractivity contribution < 1.29 is 19.1 Å². The summed E-state index contributed by atoms with van der Waals surface area (Å²) in [5.74, 6) is -0.948. The Morgan fingerprint density at radius 3 is 1.67 bits per heavy atom. The molecule has 36 heavy (non-hydrogen) atoms. The number of aryl methyl sites for hydroxylation is 2. The predicted octanol–water partition coefficient (Wildman–Crippen LogP) is 5.24. The molecular formula is C28H26N4O4. The Morgan fingerprint density at radius 2 is 1.06 bits per heavy atom. The molecular weight excluding hydrogens is 456 g/mol. The fraction of sp³-hybridized carbons (Fsp3) is 0.214. The van der Waals surface area contributed by atoms with Gasteiger partial charge in [-0.3, -0.25) is 9.97 Å². The largest absolute Gasteiger partial charge is 0.462 e. The number of carbonyl (C=O) groups is 2. The van der Waals surface area contributed by atoms with Gasteiger partial charge in [-0.1, -0.05) is 0 Å². The number of pyridine rings is 4. The second-order valence-electron chi connectivity index (χ2n) is 8.13. The highest BCUT2D eigenvalue weighted by Crippen LogP contribution is 2.27. The monoisotopic (exact) mass is 482 g/mol. The molecule has 0 amide bonds. The quantitative estimate of drug-likeness (QED) is 0.330. The van der Waals surface area contributed by atoms with E-state index in [0.29, 0.717) is 39.6 Å². The van der Waals surface area contributed by atoms with Crippen molar-refractivity contribution in [2.75, 3.05) is 13.2 Å². The van der Waals surface area contributed by atoms with Gasteiger partial charge in [0.2, 0.25) is 0 Å². The smallest absolute Gasteiger partial charge is 0.338 e. The van der Waals surface area contributed by atoms with Crippen LogP contribution in [0, 0.1) is 13.8 Å². The second kappa shape index (κ2) is 10.9. The van der Waals surface area contributed by atoms with Gasteiger partial charge in [0.05, 0.1) is 58.5 Å². The molecule has 4 aromatic heterocycles. The second-order valence-corrected chi connectivity index (χ2v) is 8.13. The number of rotatable bonds is 7. The SMILES string of the molecule is CCOC(=O)c1ccnc(-c2cc(C(=O)OCC)cc(-c3cc(C)cc(-c4cc(C)ccn4)n3)n2)c1. The average Bonchev–Trinajstić information content (AvgIpc) is 2.88. The van der Waals surface area contributed by atoms with E-state index < -0.39 is 11.9 Å². The zero-order valence-electron chi connectivity index (χ0n) is 20.6. The van der Waals surface area contributed by atoms with Crippen molar-refractivity contribution in [3.05, 3.63) is 83.2 Å². The van der Waals surface area contributed by atoms with Crippen LogP contribution in [-0.4, -0.2) is 45.1 Å². The van der Waals surface area contributed by atoms with Gasteiger partial charge in [-0.2, -0.15) is 0 Å². The molecule has 0 radical (unpaired) electrons. The van der Waals surface area contributed by atoms with Gasteiger partial charge in [0.15, 0.2) is 0 Å². The van der Waals surface area contributed by atoms with E-state index in [4.69, 9.17) is 19.4 Å². The minimum atomic E-state index is -0.489. The highest BCUT2D eigenvalue weighted by Gasteiger charge is 2.17. The van der Waals surface area contributed by atoms with E-state index in [2.05, 4.69) is 9.97 Å². The third kappa shape index (κ3) is 5.60. The van der Waals surface area contributed by atoms with Crippen molar-refractivity contribution in [2.45, 2.75) is 27.7 Å².